The maximum atomic E-state index is 10.3. The van der Waals surface area contributed by atoms with E-state index in [2.05, 4.69) is 4.74 Å². The Morgan fingerprint density at radius 3 is 1.63 bits per heavy atom. The lowest BCUT2D eigenvalue weighted by Gasteiger charge is -2.08. The van der Waals surface area contributed by atoms with Crippen molar-refractivity contribution in [3.8, 4) is 0 Å². The third kappa shape index (κ3) is 38.3. The summed E-state index contributed by atoms with van der Waals surface area (Å²) < 4.78 is 13.6. The van der Waals surface area contributed by atoms with Crippen molar-refractivity contribution in [2.24, 2.45) is 0 Å². The summed E-state index contributed by atoms with van der Waals surface area (Å²) >= 11 is 0. The highest BCUT2D eigenvalue weighted by Crippen LogP contribution is 1.90. The molecule has 0 fully saturated rings. The van der Waals surface area contributed by atoms with Gasteiger partial charge in [-0.1, -0.05) is 0 Å². The van der Waals surface area contributed by atoms with Crippen molar-refractivity contribution in [3.63, 3.8) is 0 Å². The quantitative estimate of drug-likeness (QED) is 0.706. The highest BCUT2D eigenvalue weighted by Gasteiger charge is 2.02. The fourth-order valence-corrected chi connectivity index (χ4v) is 0.552. The normalized spacial score (nSPS) is 11.8. The molecule has 0 aliphatic heterocycles. The molecule has 0 aliphatic carbocycles. The van der Waals surface area contributed by atoms with Crippen molar-refractivity contribution in [1.29, 1.82) is 0 Å². The van der Waals surface area contributed by atoms with Crippen molar-refractivity contribution in [3.05, 3.63) is 0 Å². The van der Waals surface area contributed by atoms with Gasteiger partial charge in [0.1, 0.15) is 6.10 Å². The molecular weight excluding hydrogens is 256 g/mol. The zero-order valence-corrected chi connectivity index (χ0v) is 12.5. The Kier molecular flexibility index (Phi) is 20.3. The molecule has 0 saturated heterocycles. The average molecular weight is 282 g/mol. The average Bonchev–Trinajstić information content (AvgIpc) is 2.29. The molecular formula is C12H26O7. The van der Waals surface area contributed by atoms with E-state index in [4.69, 9.17) is 19.7 Å². The number of hydrogen-bond acceptors (Lipinski definition) is 7. The van der Waals surface area contributed by atoms with Gasteiger partial charge in [0.2, 0.25) is 0 Å². The second kappa shape index (κ2) is 16.8. The summed E-state index contributed by atoms with van der Waals surface area (Å²) in [6.07, 6.45) is -0.692. The highest BCUT2D eigenvalue weighted by molar-refractivity contribution is 5.66. The van der Waals surface area contributed by atoms with Crippen molar-refractivity contribution < 1.29 is 34.0 Å². The molecule has 0 aromatic carbocycles. The minimum absolute atomic E-state index is 0.132. The molecule has 0 heterocycles. The topological polar surface area (TPSA) is 102 Å². The first-order valence-electron chi connectivity index (χ1n) is 5.70. The molecule has 116 valence electrons. The Balaban J connectivity index is -0.000000219. The van der Waals surface area contributed by atoms with Gasteiger partial charge in [-0.25, -0.2) is 0 Å². The number of carbonyl (C=O) groups is 2. The molecule has 2 N–H and O–H groups in total. The molecule has 0 radical (unpaired) electrons. The SMILES string of the molecule is CC(O)CO.COC(C)=O.COCC(C)OC(C)=O. The monoisotopic (exact) mass is 282 g/mol. The van der Waals surface area contributed by atoms with Gasteiger partial charge < -0.3 is 24.4 Å². The summed E-state index contributed by atoms with van der Waals surface area (Å²) in [6, 6.07) is 0. The molecule has 7 heteroatoms. The Morgan fingerprint density at radius 2 is 1.47 bits per heavy atom. The summed E-state index contributed by atoms with van der Waals surface area (Å²) in [7, 11) is 2.92. The Hall–Kier alpha value is -1.18. The molecule has 0 amide bonds. The van der Waals surface area contributed by atoms with Gasteiger partial charge in [-0.15, -0.1) is 0 Å². The summed E-state index contributed by atoms with van der Waals surface area (Å²) in [5.74, 6) is -0.510. The van der Waals surface area contributed by atoms with Crippen LogP contribution in [0.15, 0.2) is 0 Å². The number of aliphatic hydroxyl groups is 2. The summed E-state index contributed by atoms with van der Waals surface area (Å²) in [6.45, 7) is 6.37. The smallest absolute Gasteiger partial charge is 0.302 e. The van der Waals surface area contributed by atoms with E-state index in [1.165, 1.54) is 27.9 Å². The van der Waals surface area contributed by atoms with Crippen LogP contribution in [0.5, 0.6) is 0 Å². The van der Waals surface area contributed by atoms with Crippen molar-refractivity contribution in [2.45, 2.75) is 39.9 Å². The van der Waals surface area contributed by atoms with Gasteiger partial charge in [0.15, 0.2) is 0 Å². The fourth-order valence-electron chi connectivity index (χ4n) is 0.552. The third-order valence-electron chi connectivity index (χ3n) is 1.32. The van der Waals surface area contributed by atoms with E-state index in [9.17, 15) is 9.59 Å². The minimum atomic E-state index is -0.560. The van der Waals surface area contributed by atoms with Gasteiger partial charge in [-0.2, -0.15) is 0 Å². The predicted molar refractivity (Wildman–Crippen MR) is 69.6 cm³/mol. The molecule has 0 aromatic rings. The van der Waals surface area contributed by atoms with E-state index in [1.807, 2.05) is 0 Å². The van der Waals surface area contributed by atoms with Crippen molar-refractivity contribution in [2.75, 3.05) is 27.4 Å². The number of methoxy groups -OCH3 is 2. The van der Waals surface area contributed by atoms with Gasteiger partial charge in [0, 0.05) is 21.0 Å². The van der Waals surface area contributed by atoms with Crippen LogP contribution < -0.4 is 0 Å². The van der Waals surface area contributed by atoms with E-state index < -0.39 is 6.10 Å². The largest absolute Gasteiger partial charge is 0.469 e. The first-order chi connectivity index (χ1) is 8.70. The predicted octanol–water partition coefficient (Wildman–Crippen LogP) is 0.123. The van der Waals surface area contributed by atoms with Crippen LogP contribution in [0.25, 0.3) is 0 Å². The molecule has 0 spiro atoms. The van der Waals surface area contributed by atoms with Crippen LogP contribution >= 0.6 is 0 Å². The maximum Gasteiger partial charge on any atom is 0.302 e. The lowest BCUT2D eigenvalue weighted by Crippen LogP contribution is -2.17. The number of aliphatic hydroxyl groups excluding tert-OH is 2. The molecule has 0 aromatic heterocycles. The first-order valence-corrected chi connectivity index (χ1v) is 5.70. The lowest BCUT2D eigenvalue weighted by atomic mass is 10.4. The number of carbonyl (C=O) groups excluding carboxylic acids is 2. The summed E-state index contributed by atoms with van der Waals surface area (Å²) in [5.41, 5.74) is 0. The van der Waals surface area contributed by atoms with Crippen LogP contribution in [-0.2, 0) is 23.8 Å². The van der Waals surface area contributed by atoms with Gasteiger partial charge in [-0.3, -0.25) is 9.59 Å². The zero-order chi connectivity index (χ0) is 15.8. The van der Waals surface area contributed by atoms with Gasteiger partial charge in [0.05, 0.1) is 26.4 Å². The first kappa shape index (κ1) is 23.0. The van der Waals surface area contributed by atoms with Crippen molar-refractivity contribution in [1.82, 2.24) is 0 Å². The van der Waals surface area contributed by atoms with Gasteiger partial charge >= 0.3 is 11.9 Å². The Labute approximate surface area is 114 Å². The van der Waals surface area contributed by atoms with E-state index in [0.717, 1.165) is 0 Å². The second-order valence-electron chi connectivity index (χ2n) is 3.60. The van der Waals surface area contributed by atoms with Crippen LogP contribution in [0.1, 0.15) is 27.7 Å². The standard InChI is InChI=1S/C6H12O3.C3H6O2.C3H8O2/c1-5(4-8-3)9-6(2)7;1-3(4)5-2;1-3(5)2-4/h5H,4H2,1-3H3;1-2H3;3-5H,2H2,1H3. The van der Waals surface area contributed by atoms with Gasteiger partial charge in [-0.05, 0) is 13.8 Å². The second-order valence-corrected chi connectivity index (χ2v) is 3.60. The number of ether oxygens (including phenoxy) is 3. The van der Waals surface area contributed by atoms with Crippen LogP contribution in [0.3, 0.4) is 0 Å². The molecule has 0 rings (SSSR count). The molecule has 7 nitrogen and oxygen atoms in total. The van der Waals surface area contributed by atoms with E-state index in [1.54, 1.807) is 14.0 Å². The van der Waals surface area contributed by atoms with Crippen LogP contribution in [0, 0.1) is 0 Å². The highest BCUT2D eigenvalue weighted by atomic mass is 16.6. The van der Waals surface area contributed by atoms with Gasteiger partial charge in [0.25, 0.3) is 0 Å². The van der Waals surface area contributed by atoms with E-state index in [0.29, 0.717) is 6.61 Å². The van der Waals surface area contributed by atoms with Crippen LogP contribution in [0.2, 0.25) is 0 Å². The summed E-state index contributed by atoms with van der Waals surface area (Å²) in [5, 5.41) is 16.0. The minimum Gasteiger partial charge on any atom is -0.469 e. The Bertz CT molecular complexity index is 216. The molecule has 19 heavy (non-hydrogen) atoms. The third-order valence-corrected chi connectivity index (χ3v) is 1.32. The summed E-state index contributed by atoms with van der Waals surface area (Å²) in [4.78, 5) is 19.8. The molecule has 2 atom stereocenters. The maximum absolute atomic E-state index is 10.3. The number of hydrogen-bond donors (Lipinski definition) is 2. The van der Waals surface area contributed by atoms with Crippen LogP contribution in [0.4, 0.5) is 0 Å². The number of rotatable bonds is 4. The van der Waals surface area contributed by atoms with E-state index in [-0.39, 0.29) is 24.6 Å². The molecule has 0 aliphatic rings. The Morgan fingerprint density at radius 1 is 1.11 bits per heavy atom. The molecule has 2 unspecified atom stereocenters. The zero-order valence-electron chi connectivity index (χ0n) is 12.5. The molecule has 0 saturated carbocycles. The van der Waals surface area contributed by atoms with E-state index >= 15 is 0 Å². The fraction of sp³-hybridized carbons (Fsp3) is 0.833. The van der Waals surface area contributed by atoms with Crippen molar-refractivity contribution >= 4 is 11.9 Å². The lowest BCUT2D eigenvalue weighted by molar-refractivity contribution is -0.147. The molecule has 0 bridgehead atoms. The number of esters is 2. The van der Waals surface area contributed by atoms with Crippen LogP contribution in [-0.4, -0.2) is 61.8 Å².